The Bertz CT molecular complexity index is 900. The van der Waals surface area contributed by atoms with E-state index in [4.69, 9.17) is 28.0 Å². The van der Waals surface area contributed by atoms with Crippen molar-refractivity contribution in [3.05, 3.63) is 18.2 Å². The summed E-state index contributed by atoms with van der Waals surface area (Å²) < 4.78 is 0. The molecule has 1 aromatic heterocycles. The Kier molecular flexibility index (Phi) is 12.2. The summed E-state index contributed by atoms with van der Waals surface area (Å²) in [5.41, 5.74) is 21.9. The van der Waals surface area contributed by atoms with Gasteiger partial charge in [0, 0.05) is 31.3 Å². The van der Waals surface area contributed by atoms with E-state index in [0.717, 1.165) is 0 Å². The number of amides is 4. The molecule has 0 aliphatic heterocycles. The molecule has 0 spiro atoms. The van der Waals surface area contributed by atoms with Crippen molar-refractivity contribution in [1.82, 2.24) is 25.9 Å². The van der Waals surface area contributed by atoms with Gasteiger partial charge in [0.2, 0.25) is 23.6 Å². The normalized spacial score (nSPS) is 13.1. The molecule has 3 atom stereocenters. The molecule has 0 aliphatic carbocycles. The van der Waals surface area contributed by atoms with Gasteiger partial charge in [-0.3, -0.25) is 29.0 Å². The van der Waals surface area contributed by atoms with Gasteiger partial charge in [-0.1, -0.05) is 0 Å². The van der Waals surface area contributed by atoms with E-state index in [0.29, 0.717) is 12.1 Å². The van der Waals surface area contributed by atoms with Crippen LogP contribution in [0.4, 0.5) is 0 Å². The van der Waals surface area contributed by atoms with Crippen LogP contribution in [-0.2, 0) is 30.4 Å². The van der Waals surface area contributed by atoms with Gasteiger partial charge in [0.1, 0.15) is 18.6 Å². The number of hydrogen-bond donors (Lipinski definition) is 9. The average molecular weight is 497 g/mol. The van der Waals surface area contributed by atoms with E-state index in [-0.39, 0.29) is 38.2 Å². The monoisotopic (exact) mass is 496 g/mol. The number of carboxylic acid groups (broad SMARTS) is 1. The summed E-state index contributed by atoms with van der Waals surface area (Å²) in [6.45, 7) is -0.478. The highest BCUT2D eigenvalue weighted by molar-refractivity contribution is 5.93. The Hall–Kier alpha value is -4.21. The van der Waals surface area contributed by atoms with Crippen molar-refractivity contribution < 1.29 is 29.1 Å². The highest BCUT2D eigenvalue weighted by Gasteiger charge is 2.28. The molecule has 35 heavy (non-hydrogen) atoms. The molecular weight excluding hydrogens is 464 g/mol. The number of guanidine groups is 1. The minimum atomic E-state index is -1.26. The number of aliphatic imine (C=N–C) groups is 1. The molecule has 0 aliphatic rings. The van der Waals surface area contributed by atoms with Gasteiger partial charge >= 0.3 is 5.97 Å². The predicted octanol–water partition coefficient (Wildman–Crippen LogP) is -4.23. The van der Waals surface area contributed by atoms with Gasteiger partial charge in [-0.05, 0) is 19.3 Å². The SMILES string of the molecule is NC(=O)CCC(N)C(=O)NC(CCCN=C(N)N)C(=O)NC(Cc1cnc[nH]1)C(=O)NCC(=O)O. The standard InChI is InChI=1S/C19H32N10O6/c20-11(3-4-14(21)30)16(33)28-12(2-1-5-25-19(22)23)18(35)29-13(6-10-7-24-9-27-10)17(34)26-8-15(31)32/h7,9,11-13H,1-6,8,20H2,(H2,21,30)(H,24,27)(H,26,34)(H,28,33)(H,29,35)(H,31,32)(H4,22,23,25). The lowest BCUT2D eigenvalue weighted by Crippen LogP contribution is -2.56. The molecule has 1 aromatic rings. The molecule has 0 aromatic carbocycles. The number of aromatic nitrogens is 2. The van der Waals surface area contributed by atoms with E-state index >= 15 is 0 Å². The smallest absolute Gasteiger partial charge is 0.322 e. The summed E-state index contributed by atoms with van der Waals surface area (Å²) >= 11 is 0. The number of H-pyrrole nitrogens is 1. The van der Waals surface area contributed by atoms with Crippen LogP contribution in [0.2, 0.25) is 0 Å². The maximum absolute atomic E-state index is 13.0. The lowest BCUT2D eigenvalue weighted by molar-refractivity contribution is -0.138. The largest absolute Gasteiger partial charge is 0.480 e. The van der Waals surface area contributed by atoms with Crippen LogP contribution < -0.4 is 38.9 Å². The molecule has 194 valence electrons. The van der Waals surface area contributed by atoms with Gasteiger partial charge in [-0.15, -0.1) is 0 Å². The van der Waals surface area contributed by atoms with Gasteiger partial charge in [0.15, 0.2) is 5.96 Å². The molecule has 16 nitrogen and oxygen atoms in total. The quantitative estimate of drug-likeness (QED) is 0.0603. The second-order valence-electron chi connectivity index (χ2n) is 7.58. The minimum absolute atomic E-state index is 0.0238. The third kappa shape index (κ3) is 12.0. The molecule has 0 bridgehead atoms. The molecule has 0 saturated carbocycles. The van der Waals surface area contributed by atoms with Crippen LogP contribution in [0.15, 0.2) is 17.5 Å². The third-order valence-corrected chi connectivity index (χ3v) is 4.64. The van der Waals surface area contributed by atoms with Crippen LogP contribution in [0.1, 0.15) is 31.4 Å². The molecule has 16 heteroatoms. The van der Waals surface area contributed by atoms with Gasteiger partial charge in [-0.25, -0.2) is 4.98 Å². The number of carbonyl (C=O) groups excluding carboxylic acids is 4. The van der Waals surface area contributed by atoms with Gasteiger partial charge in [-0.2, -0.15) is 0 Å². The molecule has 13 N–H and O–H groups in total. The van der Waals surface area contributed by atoms with Crippen molar-refractivity contribution in [2.24, 2.45) is 27.9 Å². The van der Waals surface area contributed by atoms with Crippen molar-refractivity contribution in [2.45, 2.75) is 50.2 Å². The van der Waals surface area contributed by atoms with E-state index in [2.05, 4.69) is 30.9 Å². The van der Waals surface area contributed by atoms with E-state index in [9.17, 15) is 24.0 Å². The lowest BCUT2D eigenvalue weighted by Gasteiger charge is -2.24. The number of hydrogen-bond acceptors (Lipinski definition) is 8. The summed E-state index contributed by atoms with van der Waals surface area (Å²) in [5.74, 6) is -4.21. The number of aliphatic carboxylic acids is 1. The molecule has 0 fully saturated rings. The average Bonchev–Trinajstić information content (AvgIpc) is 3.29. The van der Waals surface area contributed by atoms with Crippen molar-refractivity contribution in [3.63, 3.8) is 0 Å². The molecule has 3 unspecified atom stereocenters. The second-order valence-corrected chi connectivity index (χ2v) is 7.58. The Morgan fingerprint density at radius 3 is 2.29 bits per heavy atom. The molecule has 1 heterocycles. The zero-order chi connectivity index (χ0) is 26.4. The van der Waals surface area contributed by atoms with Crippen molar-refractivity contribution >= 4 is 35.6 Å². The maximum atomic E-state index is 13.0. The minimum Gasteiger partial charge on any atom is -0.480 e. The van der Waals surface area contributed by atoms with E-state index < -0.39 is 54.3 Å². The summed E-state index contributed by atoms with van der Waals surface area (Å²) in [7, 11) is 0. The van der Waals surface area contributed by atoms with E-state index in [1.165, 1.54) is 12.5 Å². The van der Waals surface area contributed by atoms with E-state index in [1.54, 1.807) is 0 Å². The number of carboxylic acids is 1. The fourth-order valence-corrected chi connectivity index (χ4v) is 2.86. The molecule has 1 rings (SSSR count). The first kappa shape index (κ1) is 28.8. The van der Waals surface area contributed by atoms with Gasteiger partial charge < -0.3 is 49.0 Å². The first-order chi connectivity index (χ1) is 16.5. The fourth-order valence-electron chi connectivity index (χ4n) is 2.86. The molecular formula is C19H32N10O6. The second kappa shape index (κ2) is 14.8. The Morgan fingerprint density at radius 2 is 1.71 bits per heavy atom. The number of nitrogens with two attached hydrogens (primary N) is 4. The maximum Gasteiger partial charge on any atom is 0.322 e. The third-order valence-electron chi connectivity index (χ3n) is 4.64. The lowest BCUT2D eigenvalue weighted by atomic mass is 10.1. The summed E-state index contributed by atoms with van der Waals surface area (Å²) in [6, 6.07) is -3.41. The predicted molar refractivity (Wildman–Crippen MR) is 123 cm³/mol. The topological polar surface area (TPSA) is 287 Å². The van der Waals surface area contributed by atoms with Crippen LogP contribution in [0.5, 0.6) is 0 Å². The summed E-state index contributed by atoms with van der Waals surface area (Å²) in [4.78, 5) is 70.3. The van der Waals surface area contributed by atoms with Gasteiger partial charge in [0.25, 0.3) is 0 Å². The van der Waals surface area contributed by atoms with Crippen molar-refractivity contribution in [1.29, 1.82) is 0 Å². The fraction of sp³-hybridized carbons (Fsp3) is 0.526. The Balaban J connectivity index is 2.96. The summed E-state index contributed by atoms with van der Waals surface area (Å²) in [5, 5.41) is 16.0. The van der Waals surface area contributed by atoms with Crippen LogP contribution in [0, 0.1) is 0 Å². The number of carbonyl (C=O) groups is 5. The Labute approximate surface area is 200 Å². The Morgan fingerprint density at radius 1 is 1.03 bits per heavy atom. The number of nitrogens with zero attached hydrogens (tertiary/aromatic N) is 2. The highest BCUT2D eigenvalue weighted by atomic mass is 16.4. The number of rotatable bonds is 16. The molecule has 0 saturated heterocycles. The summed E-state index contributed by atoms with van der Waals surface area (Å²) in [6.07, 6.45) is 3.03. The van der Waals surface area contributed by atoms with E-state index in [1.807, 2.05) is 0 Å². The van der Waals surface area contributed by atoms with Crippen molar-refractivity contribution in [2.75, 3.05) is 13.1 Å². The zero-order valence-electron chi connectivity index (χ0n) is 19.0. The number of aromatic amines is 1. The molecule has 4 amide bonds. The number of primary amides is 1. The number of imidazole rings is 1. The molecule has 0 radical (unpaired) electrons. The first-order valence-electron chi connectivity index (χ1n) is 10.7. The first-order valence-corrected chi connectivity index (χ1v) is 10.7. The van der Waals surface area contributed by atoms with Crippen LogP contribution in [0.25, 0.3) is 0 Å². The van der Waals surface area contributed by atoms with Crippen molar-refractivity contribution in [3.8, 4) is 0 Å². The van der Waals surface area contributed by atoms with Crippen LogP contribution >= 0.6 is 0 Å². The van der Waals surface area contributed by atoms with Gasteiger partial charge in [0.05, 0.1) is 12.4 Å². The number of nitrogens with one attached hydrogen (secondary N) is 4. The van der Waals surface area contributed by atoms with Crippen LogP contribution in [0.3, 0.4) is 0 Å². The highest BCUT2D eigenvalue weighted by Crippen LogP contribution is 2.05. The zero-order valence-corrected chi connectivity index (χ0v) is 19.0. The van der Waals surface area contributed by atoms with Crippen LogP contribution in [-0.4, -0.2) is 81.8 Å².